The number of hydrogen-bond acceptors (Lipinski definition) is 2. The first kappa shape index (κ1) is 12.2. The molecule has 0 spiro atoms. The van der Waals surface area contributed by atoms with Crippen LogP contribution in [0, 0.1) is 0 Å². The van der Waals surface area contributed by atoms with E-state index in [0.717, 1.165) is 21.3 Å². The monoisotopic (exact) mass is 316 g/mol. The van der Waals surface area contributed by atoms with E-state index in [0.29, 0.717) is 0 Å². The number of para-hydroxylation sites is 1. The molecule has 0 aliphatic carbocycles. The number of benzene rings is 2. The molecule has 2 aromatic carbocycles. The van der Waals surface area contributed by atoms with Crippen LogP contribution in [-0.4, -0.2) is 27.8 Å². The number of Topliss-reactive ketones (excluding diaryl/α,β-unsaturated/α-hetero) is 1. The normalized spacial score (nSPS) is 15.6. The maximum atomic E-state index is 12.3. The van der Waals surface area contributed by atoms with Crippen molar-refractivity contribution in [2.75, 3.05) is 7.11 Å². The number of allylic oxidation sites excluding steroid dienone is 1. The average molecular weight is 315 g/mol. The molecule has 2 nitrogen and oxygen atoms in total. The van der Waals surface area contributed by atoms with Gasteiger partial charge in [-0.1, -0.05) is 0 Å². The Kier molecular flexibility index (Phi) is 3.24. The van der Waals surface area contributed by atoms with Crippen molar-refractivity contribution in [2.24, 2.45) is 0 Å². The van der Waals surface area contributed by atoms with Gasteiger partial charge in [-0.3, -0.25) is 0 Å². The standard InChI is InChI=1S/C16H12O2Se/c1-18-13-8-4-2-6-11(13)10-15-16(17)12-7-3-5-9-14(12)19-15/h2-10H,1H3/b15-10-. The molecule has 0 saturated heterocycles. The van der Waals surface area contributed by atoms with E-state index < -0.39 is 0 Å². The Bertz CT molecular complexity index is 674. The molecule has 0 unspecified atom stereocenters. The zero-order valence-corrected chi connectivity index (χ0v) is 12.1. The molecule has 1 aliphatic heterocycles. The molecular formula is C16H12O2Se. The van der Waals surface area contributed by atoms with Crippen LogP contribution in [-0.2, 0) is 0 Å². The van der Waals surface area contributed by atoms with Crippen LogP contribution in [0.15, 0.2) is 53.0 Å². The number of hydrogen-bond donors (Lipinski definition) is 0. The molecule has 0 saturated carbocycles. The molecule has 0 radical (unpaired) electrons. The van der Waals surface area contributed by atoms with Gasteiger partial charge in [0.15, 0.2) is 0 Å². The van der Waals surface area contributed by atoms with Gasteiger partial charge in [0.2, 0.25) is 0 Å². The molecule has 2 aromatic rings. The molecule has 0 N–H and O–H groups in total. The Morgan fingerprint density at radius 3 is 2.58 bits per heavy atom. The van der Waals surface area contributed by atoms with E-state index in [1.807, 2.05) is 54.6 Å². The fourth-order valence-corrected chi connectivity index (χ4v) is 4.25. The van der Waals surface area contributed by atoms with E-state index in [9.17, 15) is 4.79 Å². The summed E-state index contributed by atoms with van der Waals surface area (Å²) in [6.07, 6.45) is 1.96. The minimum atomic E-state index is 0.0918. The number of methoxy groups -OCH3 is 1. The van der Waals surface area contributed by atoms with Crippen molar-refractivity contribution in [3.05, 3.63) is 64.1 Å². The zero-order chi connectivity index (χ0) is 13.2. The summed E-state index contributed by atoms with van der Waals surface area (Å²) in [4.78, 5) is 12.3. The van der Waals surface area contributed by atoms with E-state index in [1.165, 1.54) is 4.46 Å². The second kappa shape index (κ2) is 5.04. The first-order chi connectivity index (χ1) is 9.29. The Morgan fingerprint density at radius 1 is 1.05 bits per heavy atom. The van der Waals surface area contributed by atoms with Crippen molar-refractivity contribution in [1.29, 1.82) is 0 Å². The molecule has 0 atom stereocenters. The third-order valence-corrected chi connectivity index (χ3v) is 5.31. The molecule has 0 bridgehead atoms. The number of fused-ring (bicyclic) bond motifs is 1. The summed E-state index contributed by atoms with van der Waals surface area (Å²) in [5, 5.41) is 0. The van der Waals surface area contributed by atoms with Crippen LogP contribution in [0.5, 0.6) is 5.75 Å². The summed E-state index contributed by atoms with van der Waals surface area (Å²) in [5.41, 5.74) is 1.81. The molecule has 3 rings (SSSR count). The van der Waals surface area contributed by atoms with Crippen LogP contribution in [0.1, 0.15) is 15.9 Å². The predicted octanol–water partition coefficient (Wildman–Crippen LogP) is 2.26. The van der Waals surface area contributed by atoms with E-state index in [2.05, 4.69) is 0 Å². The van der Waals surface area contributed by atoms with Crippen molar-refractivity contribution >= 4 is 31.3 Å². The van der Waals surface area contributed by atoms with E-state index in [-0.39, 0.29) is 20.7 Å². The molecular weight excluding hydrogens is 303 g/mol. The van der Waals surface area contributed by atoms with Crippen LogP contribution in [0.3, 0.4) is 0 Å². The van der Waals surface area contributed by atoms with Gasteiger partial charge in [-0.2, -0.15) is 0 Å². The fourth-order valence-electron chi connectivity index (χ4n) is 2.06. The quantitative estimate of drug-likeness (QED) is 0.628. The summed E-state index contributed by atoms with van der Waals surface area (Å²) in [6.45, 7) is 0. The summed E-state index contributed by atoms with van der Waals surface area (Å²) >= 11 is 0.0918. The predicted molar refractivity (Wildman–Crippen MR) is 77.1 cm³/mol. The van der Waals surface area contributed by atoms with Gasteiger partial charge >= 0.3 is 118 Å². The first-order valence-electron chi connectivity index (χ1n) is 5.96. The first-order valence-corrected chi connectivity index (χ1v) is 7.67. The molecule has 1 aliphatic rings. The van der Waals surface area contributed by atoms with Crippen LogP contribution >= 0.6 is 0 Å². The Hall–Kier alpha value is -1.83. The summed E-state index contributed by atoms with van der Waals surface area (Å²) in [7, 11) is 1.65. The van der Waals surface area contributed by atoms with Gasteiger partial charge in [-0.05, 0) is 0 Å². The van der Waals surface area contributed by atoms with Crippen LogP contribution < -0.4 is 9.20 Å². The van der Waals surface area contributed by atoms with Crippen LogP contribution in [0.25, 0.3) is 6.08 Å². The Labute approximate surface area is 118 Å². The summed E-state index contributed by atoms with van der Waals surface area (Å²) in [5.74, 6) is 0.955. The summed E-state index contributed by atoms with van der Waals surface area (Å²) < 4.78 is 7.37. The molecule has 3 heteroatoms. The molecule has 0 fully saturated rings. The van der Waals surface area contributed by atoms with Gasteiger partial charge in [-0.25, -0.2) is 0 Å². The number of ether oxygens (including phenoxy) is 1. The topological polar surface area (TPSA) is 26.3 Å². The van der Waals surface area contributed by atoms with Gasteiger partial charge < -0.3 is 0 Å². The average Bonchev–Trinajstić information content (AvgIpc) is 2.77. The number of rotatable bonds is 2. The minimum absolute atomic E-state index is 0.0918. The van der Waals surface area contributed by atoms with E-state index >= 15 is 0 Å². The third-order valence-electron chi connectivity index (χ3n) is 3.00. The molecule has 0 aromatic heterocycles. The van der Waals surface area contributed by atoms with Gasteiger partial charge in [0, 0.05) is 0 Å². The molecule has 94 valence electrons. The van der Waals surface area contributed by atoms with Gasteiger partial charge in [-0.15, -0.1) is 0 Å². The molecule has 1 heterocycles. The van der Waals surface area contributed by atoms with Crippen molar-refractivity contribution in [3.8, 4) is 5.75 Å². The van der Waals surface area contributed by atoms with E-state index in [4.69, 9.17) is 4.74 Å². The Balaban J connectivity index is 2.01. The SMILES string of the molecule is COc1ccccc1/C=C1\[Se]c2ccccc2C1=O. The zero-order valence-electron chi connectivity index (χ0n) is 10.4. The van der Waals surface area contributed by atoms with Crippen molar-refractivity contribution in [2.45, 2.75) is 0 Å². The van der Waals surface area contributed by atoms with Crippen molar-refractivity contribution < 1.29 is 9.53 Å². The van der Waals surface area contributed by atoms with Crippen LogP contribution in [0.2, 0.25) is 0 Å². The number of carbonyl (C=O) groups excluding carboxylic acids is 1. The van der Waals surface area contributed by atoms with Gasteiger partial charge in [0.1, 0.15) is 0 Å². The molecule has 19 heavy (non-hydrogen) atoms. The van der Waals surface area contributed by atoms with Crippen molar-refractivity contribution in [1.82, 2.24) is 0 Å². The summed E-state index contributed by atoms with van der Waals surface area (Å²) in [6, 6.07) is 15.6. The number of carbonyl (C=O) groups is 1. The second-order valence-corrected chi connectivity index (χ2v) is 6.45. The maximum absolute atomic E-state index is 12.3. The fraction of sp³-hybridized carbons (Fsp3) is 0.0625. The van der Waals surface area contributed by atoms with E-state index in [1.54, 1.807) is 7.11 Å². The van der Waals surface area contributed by atoms with Crippen LogP contribution in [0.4, 0.5) is 0 Å². The van der Waals surface area contributed by atoms with Gasteiger partial charge in [0.25, 0.3) is 0 Å². The molecule has 0 amide bonds. The number of ketones is 1. The van der Waals surface area contributed by atoms with Gasteiger partial charge in [0.05, 0.1) is 0 Å². The Morgan fingerprint density at radius 2 is 1.79 bits per heavy atom. The second-order valence-electron chi connectivity index (χ2n) is 4.18. The third kappa shape index (κ3) is 2.23. The van der Waals surface area contributed by atoms with Crippen molar-refractivity contribution in [3.63, 3.8) is 0 Å².